The largest absolute Gasteiger partial charge is 0.310 e. The summed E-state index contributed by atoms with van der Waals surface area (Å²) in [4.78, 5) is 0. The molecule has 0 radical (unpaired) electrons. The number of rotatable bonds is 7. The summed E-state index contributed by atoms with van der Waals surface area (Å²) in [5.74, 6) is -0.364. The first kappa shape index (κ1) is 14.2. The van der Waals surface area contributed by atoms with Gasteiger partial charge < -0.3 is 5.32 Å². The van der Waals surface area contributed by atoms with Gasteiger partial charge in [-0.15, -0.1) is 6.58 Å². The smallest absolute Gasteiger partial charge is 0.141 e. The number of unbranched alkanes of at least 4 members (excludes halogenated alkanes) is 1. The van der Waals surface area contributed by atoms with E-state index in [0.717, 1.165) is 31.4 Å². The lowest BCUT2D eigenvalue weighted by atomic mass is 10.0. The number of hydrogen-bond donors (Lipinski definition) is 1. The fourth-order valence-electron chi connectivity index (χ4n) is 1.83. The Hall–Kier alpha value is -0.860. The minimum absolute atomic E-state index is 0.189. The predicted molar refractivity (Wildman–Crippen MR) is 71.9 cm³/mol. The summed E-state index contributed by atoms with van der Waals surface area (Å²) in [7, 11) is 0. The third kappa shape index (κ3) is 4.49. The predicted octanol–water partition coefficient (Wildman–Crippen LogP) is 4.49. The summed E-state index contributed by atoms with van der Waals surface area (Å²) in [5, 5.41) is 3.58. The molecule has 1 rings (SSSR count). The van der Waals surface area contributed by atoms with E-state index in [1.807, 2.05) is 6.08 Å². The lowest BCUT2D eigenvalue weighted by Gasteiger charge is -2.18. The number of halogens is 2. The van der Waals surface area contributed by atoms with Crippen molar-refractivity contribution in [2.75, 3.05) is 6.54 Å². The Balaban J connectivity index is 2.73. The molecular weight excluding hydrogens is 237 g/mol. The van der Waals surface area contributed by atoms with E-state index >= 15 is 0 Å². The normalized spacial score (nSPS) is 12.4. The second-order valence-electron chi connectivity index (χ2n) is 4.00. The molecule has 0 heterocycles. The third-order valence-electron chi connectivity index (χ3n) is 2.70. The van der Waals surface area contributed by atoms with Crippen LogP contribution in [0.2, 0.25) is 5.02 Å². The number of benzene rings is 1. The molecule has 1 aromatic rings. The van der Waals surface area contributed by atoms with E-state index < -0.39 is 0 Å². The van der Waals surface area contributed by atoms with Crippen molar-refractivity contribution in [1.29, 1.82) is 0 Å². The lowest BCUT2D eigenvalue weighted by molar-refractivity contribution is 0.499. The van der Waals surface area contributed by atoms with Gasteiger partial charge in [0.2, 0.25) is 0 Å². The van der Waals surface area contributed by atoms with E-state index in [0.29, 0.717) is 0 Å². The first-order valence-electron chi connectivity index (χ1n) is 5.98. The van der Waals surface area contributed by atoms with Crippen molar-refractivity contribution < 1.29 is 4.39 Å². The van der Waals surface area contributed by atoms with Gasteiger partial charge in [0.25, 0.3) is 0 Å². The first-order chi connectivity index (χ1) is 8.19. The second-order valence-corrected chi connectivity index (χ2v) is 4.41. The van der Waals surface area contributed by atoms with Gasteiger partial charge in [-0.2, -0.15) is 0 Å². The van der Waals surface area contributed by atoms with E-state index in [1.54, 1.807) is 12.1 Å². The van der Waals surface area contributed by atoms with E-state index in [4.69, 9.17) is 11.6 Å². The standard InChI is InChI=1S/C14H19ClFN/c1-3-5-6-7-14(17-4-2)11-8-9-13(16)12(15)10-11/h3,8-10,14,17H,1,4-7H2,2H3. The summed E-state index contributed by atoms with van der Waals surface area (Å²) in [6.07, 6.45) is 4.98. The van der Waals surface area contributed by atoms with Crippen LogP contribution >= 0.6 is 11.6 Å². The molecule has 94 valence electrons. The Kier molecular flexibility index (Phi) is 6.23. The summed E-state index contributed by atoms with van der Waals surface area (Å²) in [5.41, 5.74) is 1.04. The monoisotopic (exact) mass is 255 g/mol. The van der Waals surface area contributed by atoms with E-state index in [1.165, 1.54) is 6.07 Å². The van der Waals surface area contributed by atoms with Gasteiger partial charge >= 0.3 is 0 Å². The Bertz CT molecular complexity index is 365. The molecule has 0 aliphatic rings. The first-order valence-corrected chi connectivity index (χ1v) is 6.36. The van der Waals surface area contributed by atoms with Crippen LogP contribution in [0.4, 0.5) is 4.39 Å². The molecule has 1 aromatic carbocycles. The highest BCUT2D eigenvalue weighted by atomic mass is 35.5. The maximum atomic E-state index is 13.1. The van der Waals surface area contributed by atoms with Gasteiger partial charge in [-0.1, -0.05) is 30.7 Å². The minimum atomic E-state index is -0.364. The van der Waals surface area contributed by atoms with Crippen LogP contribution in [0.3, 0.4) is 0 Å². The Labute approximate surface area is 108 Å². The molecular formula is C14H19ClFN. The maximum Gasteiger partial charge on any atom is 0.141 e. The number of hydrogen-bond acceptors (Lipinski definition) is 1. The lowest BCUT2D eigenvalue weighted by Crippen LogP contribution is -2.20. The Morgan fingerprint density at radius 2 is 2.29 bits per heavy atom. The van der Waals surface area contributed by atoms with Crippen LogP contribution < -0.4 is 5.32 Å². The molecule has 0 saturated carbocycles. The van der Waals surface area contributed by atoms with E-state index in [9.17, 15) is 4.39 Å². The van der Waals surface area contributed by atoms with Gasteiger partial charge in [0.05, 0.1) is 5.02 Å². The molecule has 17 heavy (non-hydrogen) atoms. The average Bonchev–Trinajstić information content (AvgIpc) is 2.32. The molecule has 0 bridgehead atoms. The fourth-order valence-corrected chi connectivity index (χ4v) is 2.02. The molecule has 0 amide bonds. The average molecular weight is 256 g/mol. The van der Waals surface area contributed by atoms with Crippen molar-refractivity contribution in [3.05, 3.63) is 47.3 Å². The van der Waals surface area contributed by atoms with Crippen molar-refractivity contribution in [2.24, 2.45) is 0 Å². The van der Waals surface area contributed by atoms with Gasteiger partial charge in [-0.05, 0) is 43.5 Å². The summed E-state index contributed by atoms with van der Waals surface area (Å²) in [6.45, 7) is 6.65. The summed E-state index contributed by atoms with van der Waals surface area (Å²) >= 11 is 5.80. The van der Waals surface area contributed by atoms with E-state index in [2.05, 4.69) is 18.8 Å². The molecule has 3 heteroatoms. The zero-order chi connectivity index (χ0) is 12.7. The van der Waals surface area contributed by atoms with Crippen LogP contribution in [0.25, 0.3) is 0 Å². The fraction of sp³-hybridized carbons (Fsp3) is 0.429. The molecule has 0 spiro atoms. The van der Waals surface area contributed by atoms with Gasteiger partial charge in [-0.25, -0.2) is 4.39 Å². The van der Waals surface area contributed by atoms with Gasteiger partial charge in [-0.3, -0.25) is 0 Å². The minimum Gasteiger partial charge on any atom is -0.310 e. The van der Waals surface area contributed by atoms with Crippen LogP contribution in [0.15, 0.2) is 30.9 Å². The second kappa shape index (κ2) is 7.46. The molecule has 1 nitrogen and oxygen atoms in total. The van der Waals surface area contributed by atoms with E-state index in [-0.39, 0.29) is 16.9 Å². The summed E-state index contributed by atoms with van der Waals surface area (Å²) in [6, 6.07) is 5.16. The van der Waals surface area contributed by atoms with Crippen molar-refractivity contribution in [3.8, 4) is 0 Å². The van der Waals surface area contributed by atoms with Crippen LogP contribution in [0.1, 0.15) is 37.8 Å². The molecule has 1 N–H and O–H groups in total. The Morgan fingerprint density at radius 1 is 1.53 bits per heavy atom. The number of nitrogens with one attached hydrogen (secondary N) is 1. The third-order valence-corrected chi connectivity index (χ3v) is 2.99. The molecule has 0 aliphatic heterocycles. The SMILES string of the molecule is C=CCCCC(NCC)c1ccc(F)c(Cl)c1. The highest BCUT2D eigenvalue weighted by Gasteiger charge is 2.11. The van der Waals surface area contributed by atoms with Gasteiger partial charge in [0, 0.05) is 6.04 Å². The van der Waals surface area contributed by atoms with Gasteiger partial charge in [0.1, 0.15) is 5.82 Å². The van der Waals surface area contributed by atoms with Crippen LogP contribution in [0.5, 0.6) is 0 Å². The van der Waals surface area contributed by atoms with Crippen LogP contribution in [-0.4, -0.2) is 6.54 Å². The van der Waals surface area contributed by atoms with Crippen molar-refractivity contribution in [3.63, 3.8) is 0 Å². The molecule has 0 fully saturated rings. The Morgan fingerprint density at radius 3 is 2.88 bits per heavy atom. The maximum absolute atomic E-state index is 13.1. The molecule has 0 aromatic heterocycles. The van der Waals surface area contributed by atoms with Gasteiger partial charge in [0.15, 0.2) is 0 Å². The van der Waals surface area contributed by atoms with Crippen LogP contribution in [0, 0.1) is 5.82 Å². The highest BCUT2D eigenvalue weighted by molar-refractivity contribution is 6.30. The van der Waals surface area contributed by atoms with Crippen molar-refractivity contribution >= 4 is 11.6 Å². The number of allylic oxidation sites excluding steroid dienone is 1. The summed E-state index contributed by atoms with van der Waals surface area (Å²) < 4.78 is 13.1. The highest BCUT2D eigenvalue weighted by Crippen LogP contribution is 2.24. The zero-order valence-corrected chi connectivity index (χ0v) is 10.9. The molecule has 0 aliphatic carbocycles. The molecule has 0 saturated heterocycles. The van der Waals surface area contributed by atoms with Crippen LogP contribution in [-0.2, 0) is 0 Å². The quantitative estimate of drug-likeness (QED) is 0.559. The molecule has 1 unspecified atom stereocenters. The molecule has 1 atom stereocenters. The van der Waals surface area contributed by atoms with Crippen molar-refractivity contribution in [1.82, 2.24) is 5.32 Å². The zero-order valence-electron chi connectivity index (χ0n) is 10.2. The van der Waals surface area contributed by atoms with Crippen molar-refractivity contribution in [2.45, 2.75) is 32.2 Å². The topological polar surface area (TPSA) is 12.0 Å².